The van der Waals surface area contributed by atoms with E-state index < -0.39 is 0 Å². The fraction of sp³-hybridized carbons (Fsp3) is 0.400. The van der Waals surface area contributed by atoms with Gasteiger partial charge in [-0.3, -0.25) is 0 Å². The molecule has 1 heterocycles. The van der Waals surface area contributed by atoms with Gasteiger partial charge in [-0.05, 0) is 42.5 Å². The van der Waals surface area contributed by atoms with Gasteiger partial charge in [0.2, 0.25) is 0 Å². The van der Waals surface area contributed by atoms with Gasteiger partial charge in [0.1, 0.15) is 12.4 Å². The maximum Gasteiger partial charge on any atom is 0.119 e. The lowest BCUT2D eigenvalue weighted by Gasteiger charge is -2.22. The van der Waals surface area contributed by atoms with Crippen molar-refractivity contribution in [1.82, 2.24) is 9.55 Å². The van der Waals surface area contributed by atoms with Crippen LogP contribution < -0.4 is 10.5 Å². The predicted molar refractivity (Wildman–Crippen MR) is 74.0 cm³/mol. The largest absolute Gasteiger partial charge is 0.492 e. The third-order valence-electron chi connectivity index (χ3n) is 3.66. The van der Waals surface area contributed by atoms with Crippen LogP contribution in [0.1, 0.15) is 30.0 Å². The van der Waals surface area contributed by atoms with Crippen molar-refractivity contribution in [1.29, 1.82) is 0 Å². The lowest BCUT2D eigenvalue weighted by Crippen LogP contribution is -2.17. The van der Waals surface area contributed by atoms with E-state index in [-0.39, 0.29) is 6.04 Å². The Hall–Kier alpha value is -1.81. The van der Waals surface area contributed by atoms with Crippen LogP contribution in [0.4, 0.5) is 0 Å². The predicted octanol–water partition coefficient (Wildman–Crippen LogP) is 2.30. The lowest BCUT2D eigenvalue weighted by atomic mass is 9.88. The highest BCUT2D eigenvalue weighted by molar-refractivity contribution is 5.39. The maximum absolute atomic E-state index is 6.15. The number of ether oxygens (including phenoxy) is 1. The number of benzene rings is 1. The molecule has 0 spiro atoms. The van der Waals surface area contributed by atoms with Crippen LogP contribution >= 0.6 is 0 Å². The van der Waals surface area contributed by atoms with Gasteiger partial charge in [-0.2, -0.15) is 0 Å². The van der Waals surface area contributed by atoms with Crippen LogP contribution in [0, 0.1) is 0 Å². The second-order valence-corrected chi connectivity index (χ2v) is 5.01. The molecule has 19 heavy (non-hydrogen) atoms. The molecule has 2 aromatic rings. The first-order chi connectivity index (χ1) is 9.33. The molecular weight excluding hydrogens is 238 g/mol. The Balaban J connectivity index is 1.63. The standard InChI is InChI=1S/C15H19N3O/c16-15-3-1-2-12-4-5-13(10-14(12)15)19-9-8-18-7-6-17-11-18/h4-7,10-11,15H,1-3,8-9,16H2/t15-/m1/s1. The molecule has 1 atom stereocenters. The van der Waals surface area contributed by atoms with Gasteiger partial charge in [0.05, 0.1) is 12.9 Å². The Labute approximate surface area is 113 Å². The summed E-state index contributed by atoms with van der Waals surface area (Å²) in [6, 6.07) is 6.47. The summed E-state index contributed by atoms with van der Waals surface area (Å²) in [5.41, 5.74) is 8.78. The van der Waals surface area contributed by atoms with Crippen molar-refractivity contribution in [2.24, 2.45) is 5.73 Å². The number of rotatable bonds is 4. The third-order valence-corrected chi connectivity index (χ3v) is 3.66. The van der Waals surface area contributed by atoms with Crippen LogP contribution in [0.15, 0.2) is 36.9 Å². The van der Waals surface area contributed by atoms with Gasteiger partial charge in [0.25, 0.3) is 0 Å². The number of nitrogens with two attached hydrogens (primary N) is 1. The summed E-state index contributed by atoms with van der Waals surface area (Å²) >= 11 is 0. The van der Waals surface area contributed by atoms with Crippen molar-refractivity contribution in [3.63, 3.8) is 0 Å². The van der Waals surface area contributed by atoms with Gasteiger partial charge in [-0.1, -0.05) is 6.07 Å². The number of fused-ring (bicyclic) bond motifs is 1. The van der Waals surface area contributed by atoms with E-state index >= 15 is 0 Å². The van der Waals surface area contributed by atoms with Crippen LogP contribution in [0.5, 0.6) is 5.75 Å². The van der Waals surface area contributed by atoms with Crippen LogP contribution in [-0.4, -0.2) is 16.2 Å². The summed E-state index contributed by atoms with van der Waals surface area (Å²) < 4.78 is 7.79. The molecule has 0 radical (unpaired) electrons. The molecule has 0 amide bonds. The van der Waals surface area contributed by atoms with E-state index in [9.17, 15) is 0 Å². The average molecular weight is 257 g/mol. The van der Waals surface area contributed by atoms with Crippen LogP contribution in [0.2, 0.25) is 0 Å². The number of aryl methyl sites for hydroxylation is 1. The summed E-state index contributed by atoms with van der Waals surface area (Å²) in [6.07, 6.45) is 8.91. The van der Waals surface area contributed by atoms with E-state index in [0.717, 1.165) is 25.1 Å². The van der Waals surface area contributed by atoms with Crippen molar-refractivity contribution in [2.75, 3.05) is 6.61 Å². The number of hydrogen-bond acceptors (Lipinski definition) is 3. The minimum absolute atomic E-state index is 0.168. The molecule has 0 fully saturated rings. The zero-order valence-corrected chi connectivity index (χ0v) is 11.0. The molecule has 0 saturated heterocycles. The maximum atomic E-state index is 6.15. The zero-order chi connectivity index (χ0) is 13.1. The molecule has 0 unspecified atom stereocenters. The molecule has 1 aromatic heterocycles. The van der Waals surface area contributed by atoms with Crippen molar-refractivity contribution >= 4 is 0 Å². The van der Waals surface area contributed by atoms with E-state index in [1.54, 1.807) is 12.5 Å². The second kappa shape index (κ2) is 5.45. The summed E-state index contributed by atoms with van der Waals surface area (Å²) in [5, 5.41) is 0. The number of nitrogens with zero attached hydrogens (tertiary/aromatic N) is 2. The molecule has 1 aliphatic rings. The average Bonchev–Trinajstić information content (AvgIpc) is 2.93. The van der Waals surface area contributed by atoms with Crippen LogP contribution in [0.3, 0.4) is 0 Å². The molecule has 2 N–H and O–H groups in total. The topological polar surface area (TPSA) is 53.1 Å². The summed E-state index contributed by atoms with van der Waals surface area (Å²) in [7, 11) is 0. The molecular formula is C15H19N3O. The Morgan fingerprint density at radius 2 is 2.37 bits per heavy atom. The van der Waals surface area contributed by atoms with E-state index in [4.69, 9.17) is 10.5 Å². The van der Waals surface area contributed by atoms with Gasteiger partial charge in [-0.15, -0.1) is 0 Å². The smallest absolute Gasteiger partial charge is 0.119 e. The lowest BCUT2D eigenvalue weighted by molar-refractivity contribution is 0.297. The first kappa shape index (κ1) is 12.2. The van der Waals surface area contributed by atoms with Crippen molar-refractivity contribution < 1.29 is 4.74 Å². The Morgan fingerprint density at radius 1 is 1.42 bits per heavy atom. The summed E-state index contributed by atoms with van der Waals surface area (Å²) in [6.45, 7) is 1.45. The van der Waals surface area contributed by atoms with E-state index in [0.29, 0.717) is 6.61 Å². The van der Waals surface area contributed by atoms with Gasteiger partial charge in [0.15, 0.2) is 0 Å². The first-order valence-electron chi connectivity index (χ1n) is 6.80. The minimum Gasteiger partial charge on any atom is -0.492 e. The molecule has 4 heteroatoms. The second-order valence-electron chi connectivity index (χ2n) is 5.01. The van der Waals surface area contributed by atoms with Gasteiger partial charge in [-0.25, -0.2) is 4.98 Å². The highest BCUT2D eigenvalue weighted by Gasteiger charge is 2.17. The first-order valence-corrected chi connectivity index (χ1v) is 6.80. The SMILES string of the molecule is N[C@@H]1CCCc2ccc(OCCn3ccnc3)cc21. The van der Waals surface area contributed by atoms with Crippen molar-refractivity contribution in [3.8, 4) is 5.75 Å². The molecule has 0 aliphatic heterocycles. The number of hydrogen-bond donors (Lipinski definition) is 1. The quantitative estimate of drug-likeness (QED) is 0.914. The van der Waals surface area contributed by atoms with Crippen LogP contribution in [0.25, 0.3) is 0 Å². The minimum atomic E-state index is 0.168. The zero-order valence-electron chi connectivity index (χ0n) is 11.0. The van der Waals surface area contributed by atoms with E-state index in [1.165, 1.54) is 17.5 Å². The Morgan fingerprint density at radius 3 is 3.21 bits per heavy atom. The highest BCUT2D eigenvalue weighted by Crippen LogP contribution is 2.30. The van der Waals surface area contributed by atoms with E-state index in [2.05, 4.69) is 17.1 Å². The molecule has 100 valence electrons. The van der Waals surface area contributed by atoms with Gasteiger partial charge < -0.3 is 15.0 Å². The summed E-state index contributed by atoms with van der Waals surface area (Å²) in [4.78, 5) is 4.01. The Bertz CT molecular complexity index is 536. The molecule has 4 nitrogen and oxygen atoms in total. The van der Waals surface area contributed by atoms with Gasteiger partial charge in [0, 0.05) is 18.4 Å². The summed E-state index contributed by atoms with van der Waals surface area (Å²) in [5.74, 6) is 0.913. The molecule has 0 saturated carbocycles. The number of imidazole rings is 1. The van der Waals surface area contributed by atoms with E-state index in [1.807, 2.05) is 16.8 Å². The van der Waals surface area contributed by atoms with Crippen molar-refractivity contribution in [3.05, 3.63) is 48.0 Å². The highest BCUT2D eigenvalue weighted by atomic mass is 16.5. The normalized spacial score (nSPS) is 18.1. The van der Waals surface area contributed by atoms with Crippen LogP contribution in [-0.2, 0) is 13.0 Å². The molecule has 3 rings (SSSR count). The van der Waals surface area contributed by atoms with Crippen molar-refractivity contribution in [2.45, 2.75) is 31.8 Å². The molecule has 1 aromatic carbocycles. The van der Waals surface area contributed by atoms with Gasteiger partial charge >= 0.3 is 0 Å². The fourth-order valence-electron chi connectivity index (χ4n) is 2.59. The molecule has 0 bridgehead atoms. The number of aromatic nitrogens is 2. The monoisotopic (exact) mass is 257 g/mol. The third kappa shape index (κ3) is 2.79. The molecule has 1 aliphatic carbocycles. The Kier molecular flexibility index (Phi) is 3.51. The fourth-order valence-corrected chi connectivity index (χ4v) is 2.59.